The Hall–Kier alpha value is -2.97. The van der Waals surface area contributed by atoms with Gasteiger partial charge in [0.1, 0.15) is 5.60 Å². The van der Waals surface area contributed by atoms with Crippen molar-refractivity contribution in [1.29, 1.82) is 0 Å². The Morgan fingerprint density at radius 1 is 1.24 bits per heavy atom. The van der Waals surface area contributed by atoms with Crippen molar-refractivity contribution < 1.29 is 19.4 Å². The Bertz CT molecular complexity index is 810. The van der Waals surface area contributed by atoms with Gasteiger partial charge in [0.25, 0.3) is 5.95 Å². The summed E-state index contributed by atoms with van der Waals surface area (Å²) in [4.78, 5) is 33.6. The van der Waals surface area contributed by atoms with Gasteiger partial charge in [0.2, 0.25) is 0 Å². The van der Waals surface area contributed by atoms with Gasteiger partial charge in [-0.05, 0) is 26.8 Å². The van der Waals surface area contributed by atoms with E-state index in [0.717, 1.165) is 0 Å². The first-order chi connectivity index (χ1) is 11.8. The van der Waals surface area contributed by atoms with Crippen LogP contribution in [-0.2, 0) is 17.7 Å². The van der Waals surface area contributed by atoms with Crippen molar-refractivity contribution in [3.63, 3.8) is 0 Å². The number of rotatable bonds is 2. The van der Waals surface area contributed by atoms with E-state index in [1.165, 1.54) is 9.58 Å². The third-order valence-corrected chi connectivity index (χ3v) is 3.65. The fourth-order valence-corrected chi connectivity index (χ4v) is 2.64. The molecule has 0 bridgehead atoms. The fraction of sp³-hybridized carbons (Fsp3) is 0.438. The normalized spacial score (nSPS) is 14.1. The van der Waals surface area contributed by atoms with Gasteiger partial charge < -0.3 is 14.7 Å². The van der Waals surface area contributed by atoms with Crippen LogP contribution in [0.5, 0.6) is 0 Å². The molecule has 1 N–H and O–H groups in total. The number of fused-ring (bicyclic) bond motifs is 1. The van der Waals surface area contributed by atoms with Gasteiger partial charge in [0, 0.05) is 30.9 Å². The molecule has 2 aromatic heterocycles. The van der Waals surface area contributed by atoms with E-state index in [9.17, 15) is 14.7 Å². The summed E-state index contributed by atoms with van der Waals surface area (Å²) in [6.45, 7) is 5.88. The summed E-state index contributed by atoms with van der Waals surface area (Å²) < 4.78 is 6.81. The number of carboxylic acid groups (broad SMARTS) is 1. The third kappa shape index (κ3) is 3.44. The summed E-state index contributed by atoms with van der Waals surface area (Å²) >= 11 is 0. The molecular weight excluding hydrogens is 326 g/mol. The van der Waals surface area contributed by atoms with Crippen LogP contribution < -0.4 is 0 Å². The van der Waals surface area contributed by atoms with Crippen LogP contribution in [-0.4, -0.2) is 54.0 Å². The first-order valence-electron chi connectivity index (χ1n) is 7.85. The molecule has 132 valence electrons. The molecule has 0 aromatic carbocycles. The van der Waals surface area contributed by atoms with Crippen LogP contribution in [0, 0.1) is 0 Å². The van der Waals surface area contributed by atoms with Gasteiger partial charge >= 0.3 is 12.1 Å². The number of hydrogen-bond acceptors (Lipinski definition) is 6. The molecule has 0 atom stereocenters. The number of aromatic nitrogens is 4. The van der Waals surface area contributed by atoms with Gasteiger partial charge in [-0.3, -0.25) is 0 Å². The molecule has 3 heterocycles. The van der Waals surface area contributed by atoms with Crippen LogP contribution in [0.2, 0.25) is 0 Å². The Balaban J connectivity index is 1.95. The minimum absolute atomic E-state index is 0.101. The lowest BCUT2D eigenvalue weighted by Gasteiger charge is -2.30. The molecule has 1 amide bonds. The third-order valence-electron chi connectivity index (χ3n) is 3.65. The lowest BCUT2D eigenvalue weighted by molar-refractivity contribution is 0.0221. The molecule has 9 heteroatoms. The molecule has 3 rings (SSSR count). The molecule has 0 unspecified atom stereocenters. The molecule has 0 saturated heterocycles. The molecule has 25 heavy (non-hydrogen) atoms. The van der Waals surface area contributed by atoms with Crippen molar-refractivity contribution >= 4 is 12.1 Å². The van der Waals surface area contributed by atoms with Gasteiger partial charge in [-0.2, -0.15) is 5.10 Å². The van der Waals surface area contributed by atoms with Crippen LogP contribution in [0.3, 0.4) is 0 Å². The van der Waals surface area contributed by atoms with Crippen molar-refractivity contribution in [1.82, 2.24) is 24.6 Å². The standard InChI is InChI=1S/C16H19N5O4/c1-16(2,3)25-15(24)20-8-5-11-10(9-20)12(13(22)23)19-21(11)14-17-6-4-7-18-14/h4,6-7H,5,8-9H2,1-3H3,(H,22,23). The topological polar surface area (TPSA) is 110 Å². The van der Waals surface area contributed by atoms with Crippen LogP contribution in [0.25, 0.3) is 5.95 Å². The first kappa shape index (κ1) is 16.9. The number of nitrogens with zero attached hydrogens (tertiary/aromatic N) is 5. The summed E-state index contributed by atoms with van der Waals surface area (Å²) in [6, 6.07) is 1.67. The SMILES string of the molecule is CC(C)(C)OC(=O)N1CCc2c(c(C(=O)O)nn2-c2ncccn2)C1. The largest absolute Gasteiger partial charge is 0.476 e. The maximum atomic E-state index is 12.3. The number of aromatic carboxylic acids is 1. The first-order valence-corrected chi connectivity index (χ1v) is 7.85. The van der Waals surface area contributed by atoms with Gasteiger partial charge in [-0.25, -0.2) is 24.2 Å². The molecule has 0 fully saturated rings. The van der Waals surface area contributed by atoms with Gasteiger partial charge in [-0.1, -0.05) is 0 Å². The Morgan fingerprint density at radius 2 is 1.92 bits per heavy atom. The van der Waals surface area contributed by atoms with E-state index in [-0.39, 0.29) is 12.2 Å². The van der Waals surface area contributed by atoms with E-state index < -0.39 is 17.7 Å². The average Bonchev–Trinajstić information content (AvgIpc) is 2.93. The van der Waals surface area contributed by atoms with Gasteiger partial charge in [-0.15, -0.1) is 0 Å². The lowest BCUT2D eigenvalue weighted by Crippen LogP contribution is -2.40. The van der Waals surface area contributed by atoms with E-state index in [1.807, 2.05) is 0 Å². The van der Waals surface area contributed by atoms with Crippen LogP contribution in [0.15, 0.2) is 18.5 Å². The van der Waals surface area contributed by atoms with Crippen molar-refractivity contribution in [2.75, 3.05) is 6.54 Å². The van der Waals surface area contributed by atoms with Crippen molar-refractivity contribution in [3.8, 4) is 5.95 Å². The van der Waals surface area contributed by atoms with Gasteiger partial charge in [0.15, 0.2) is 5.69 Å². The van der Waals surface area contributed by atoms with Crippen LogP contribution in [0.4, 0.5) is 4.79 Å². The second-order valence-electron chi connectivity index (χ2n) is 6.69. The zero-order valence-corrected chi connectivity index (χ0v) is 14.3. The maximum Gasteiger partial charge on any atom is 0.410 e. The summed E-state index contributed by atoms with van der Waals surface area (Å²) in [5.41, 5.74) is 0.464. The van der Waals surface area contributed by atoms with Crippen molar-refractivity contribution in [3.05, 3.63) is 35.4 Å². The Morgan fingerprint density at radius 3 is 2.52 bits per heavy atom. The second-order valence-corrected chi connectivity index (χ2v) is 6.69. The monoisotopic (exact) mass is 345 g/mol. The minimum atomic E-state index is -1.16. The second kappa shape index (κ2) is 6.15. The number of carbonyl (C=O) groups excluding carboxylic acids is 1. The van der Waals surface area contributed by atoms with Crippen molar-refractivity contribution in [2.45, 2.75) is 39.3 Å². The number of ether oxygens (including phenoxy) is 1. The molecular formula is C16H19N5O4. The molecule has 0 spiro atoms. The van der Waals surface area contributed by atoms with Crippen LogP contribution in [0.1, 0.15) is 42.5 Å². The maximum absolute atomic E-state index is 12.3. The number of hydrogen-bond donors (Lipinski definition) is 1. The highest BCUT2D eigenvalue weighted by molar-refractivity contribution is 5.88. The highest BCUT2D eigenvalue weighted by Crippen LogP contribution is 2.25. The molecule has 1 aliphatic heterocycles. The predicted molar refractivity (Wildman–Crippen MR) is 86.5 cm³/mol. The Kier molecular flexibility index (Phi) is 4.15. The zero-order chi connectivity index (χ0) is 18.2. The van der Waals surface area contributed by atoms with Gasteiger partial charge in [0.05, 0.1) is 12.2 Å². The quantitative estimate of drug-likeness (QED) is 0.881. The number of carboxylic acids is 1. The number of carbonyl (C=O) groups is 2. The number of amides is 1. The van der Waals surface area contributed by atoms with E-state index in [0.29, 0.717) is 30.2 Å². The van der Waals surface area contributed by atoms with E-state index in [4.69, 9.17) is 4.74 Å². The molecule has 2 aromatic rings. The summed E-state index contributed by atoms with van der Waals surface area (Å²) in [6.07, 6.45) is 3.09. The van der Waals surface area contributed by atoms with E-state index in [1.54, 1.807) is 39.2 Å². The minimum Gasteiger partial charge on any atom is -0.476 e. The molecule has 0 saturated carbocycles. The molecule has 0 radical (unpaired) electrons. The van der Waals surface area contributed by atoms with Crippen LogP contribution >= 0.6 is 0 Å². The average molecular weight is 345 g/mol. The van der Waals surface area contributed by atoms with E-state index >= 15 is 0 Å². The summed E-state index contributed by atoms with van der Waals surface area (Å²) in [7, 11) is 0. The predicted octanol–water partition coefficient (Wildman–Crippen LogP) is 1.65. The highest BCUT2D eigenvalue weighted by Gasteiger charge is 2.32. The Labute approximate surface area is 144 Å². The lowest BCUT2D eigenvalue weighted by atomic mass is 10.1. The summed E-state index contributed by atoms with van der Waals surface area (Å²) in [5.74, 6) is -0.853. The smallest absolute Gasteiger partial charge is 0.410 e. The fourth-order valence-electron chi connectivity index (χ4n) is 2.64. The molecule has 1 aliphatic rings. The summed E-state index contributed by atoms with van der Waals surface area (Å²) in [5, 5.41) is 13.6. The molecule has 9 nitrogen and oxygen atoms in total. The zero-order valence-electron chi connectivity index (χ0n) is 14.3. The molecule has 0 aliphatic carbocycles. The highest BCUT2D eigenvalue weighted by atomic mass is 16.6. The van der Waals surface area contributed by atoms with E-state index in [2.05, 4.69) is 15.1 Å². The van der Waals surface area contributed by atoms with Crippen molar-refractivity contribution in [2.24, 2.45) is 0 Å².